The van der Waals surface area contributed by atoms with Crippen LogP contribution in [0.4, 0.5) is 0 Å². The second-order valence-electron chi connectivity index (χ2n) is 4.87. The Morgan fingerprint density at radius 2 is 1.90 bits per heavy atom. The molecule has 116 valence electrons. The smallest absolute Gasteiger partial charge is 0.328 e. The van der Waals surface area contributed by atoms with E-state index >= 15 is 0 Å². The molecule has 0 aliphatic carbocycles. The van der Waals surface area contributed by atoms with Crippen molar-refractivity contribution in [2.45, 2.75) is 26.3 Å². The summed E-state index contributed by atoms with van der Waals surface area (Å²) in [4.78, 5) is 26.0. The molecule has 2 atom stereocenters. The minimum atomic E-state index is -0.548. The van der Waals surface area contributed by atoms with Gasteiger partial charge in [0.1, 0.15) is 6.04 Å². The van der Waals surface area contributed by atoms with Crippen LogP contribution in [0.3, 0.4) is 0 Å². The molecule has 1 heterocycles. The van der Waals surface area contributed by atoms with Crippen LogP contribution in [-0.4, -0.2) is 61.1 Å². The van der Waals surface area contributed by atoms with E-state index in [9.17, 15) is 9.59 Å². The Balaban J connectivity index is 2.50. The van der Waals surface area contributed by atoms with Gasteiger partial charge in [-0.3, -0.25) is 9.69 Å². The van der Waals surface area contributed by atoms with Gasteiger partial charge in [0.2, 0.25) is 5.91 Å². The lowest BCUT2D eigenvalue weighted by molar-refractivity contribution is -0.146. The van der Waals surface area contributed by atoms with E-state index < -0.39 is 6.04 Å². The summed E-state index contributed by atoms with van der Waals surface area (Å²) < 4.78 is 4.77. The van der Waals surface area contributed by atoms with Gasteiger partial charge in [-0.25, -0.2) is 4.79 Å². The molecule has 5 nitrogen and oxygen atoms in total. The molecule has 0 saturated carbocycles. The fourth-order valence-electron chi connectivity index (χ4n) is 1.94. The van der Waals surface area contributed by atoms with Gasteiger partial charge in [-0.05, 0) is 5.92 Å². The van der Waals surface area contributed by atoms with Gasteiger partial charge in [-0.1, -0.05) is 41.9 Å². The molecule has 1 fully saturated rings. The number of amides is 1. The highest BCUT2D eigenvalue weighted by molar-refractivity contribution is 8.76. The monoisotopic (exact) mass is 320 g/mol. The van der Waals surface area contributed by atoms with Crippen LogP contribution < -0.4 is 5.32 Å². The third-order valence-electron chi connectivity index (χ3n) is 3.42. The van der Waals surface area contributed by atoms with Gasteiger partial charge in [0.05, 0.1) is 13.7 Å². The molecule has 7 heteroatoms. The molecule has 0 aromatic heterocycles. The first kappa shape index (κ1) is 17.7. The largest absolute Gasteiger partial charge is 0.467 e. The van der Waals surface area contributed by atoms with E-state index in [2.05, 4.69) is 10.2 Å². The predicted octanol–water partition coefficient (Wildman–Crippen LogP) is 1.39. The molecular weight excluding hydrogens is 296 g/mol. The SMILES string of the molecule is CCC(C)C(NC(=O)CN1CCSSCC1)C(=O)OC. The van der Waals surface area contributed by atoms with Crippen LogP contribution >= 0.6 is 21.6 Å². The predicted molar refractivity (Wildman–Crippen MR) is 84.8 cm³/mol. The van der Waals surface area contributed by atoms with Crippen molar-refractivity contribution in [3.63, 3.8) is 0 Å². The lowest BCUT2D eigenvalue weighted by Crippen LogP contribution is -2.49. The number of rotatable bonds is 6. The van der Waals surface area contributed by atoms with Crippen LogP contribution in [0.5, 0.6) is 0 Å². The summed E-state index contributed by atoms with van der Waals surface area (Å²) in [5, 5.41) is 2.82. The number of hydrogen-bond acceptors (Lipinski definition) is 6. The molecule has 1 saturated heterocycles. The zero-order valence-corrected chi connectivity index (χ0v) is 14.0. The second kappa shape index (κ2) is 9.52. The maximum atomic E-state index is 12.1. The Bertz CT molecular complexity index is 321. The van der Waals surface area contributed by atoms with Gasteiger partial charge in [0.25, 0.3) is 0 Å². The minimum absolute atomic E-state index is 0.0710. The molecule has 1 N–H and O–H groups in total. The van der Waals surface area contributed by atoms with Crippen molar-refractivity contribution in [2.75, 3.05) is 38.2 Å². The number of esters is 1. The van der Waals surface area contributed by atoms with Gasteiger partial charge < -0.3 is 10.1 Å². The van der Waals surface area contributed by atoms with Crippen molar-refractivity contribution in [1.29, 1.82) is 0 Å². The van der Waals surface area contributed by atoms with Gasteiger partial charge in [0, 0.05) is 24.6 Å². The standard InChI is InChI=1S/C13H24N2O3S2/c1-4-10(2)12(13(17)18-3)14-11(16)9-15-5-7-19-20-8-6-15/h10,12H,4-9H2,1-3H3,(H,14,16). The normalized spacial score (nSPS) is 19.8. The van der Waals surface area contributed by atoms with E-state index in [1.807, 2.05) is 35.4 Å². The van der Waals surface area contributed by atoms with Crippen molar-refractivity contribution >= 4 is 33.5 Å². The van der Waals surface area contributed by atoms with Crippen LogP contribution in [0.2, 0.25) is 0 Å². The lowest BCUT2D eigenvalue weighted by Gasteiger charge is -2.24. The first-order valence-electron chi connectivity index (χ1n) is 6.92. The van der Waals surface area contributed by atoms with Gasteiger partial charge in [-0.15, -0.1) is 0 Å². The molecule has 0 spiro atoms. The number of carbonyl (C=O) groups is 2. The maximum absolute atomic E-state index is 12.1. The molecule has 0 bridgehead atoms. The molecule has 20 heavy (non-hydrogen) atoms. The number of methoxy groups -OCH3 is 1. The van der Waals surface area contributed by atoms with E-state index in [0.717, 1.165) is 31.0 Å². The third-order valence-corrected chi connectivity index (χ3v) is 5.78. The Morgan fingerprint density at radius 3 is 2.40 bits per heavy atom. The number of nitrogens with one attached hydrogen (secondary N) is 1. The zero-order valence-electron chi connectivity index (χ0n) is 12.4. The quantitative estimate of drug-likeness (QED) is 0.589. The highest BCUT2D eigenvalue weighted by atomic mass is 33.1. The van der Waals surface area contributed by atoms with Crippen LogP contribution in [0.25, 0.3) is 0 Å². The van der Waals surface area contributed by atoms with E-state index in [1.165, 1.54) is 7.11 Å². The average Bonchev–Trinajstić information content (AvgIpc) is 2.71. The van der Waals surface area contributed by atoms with E-state index in [0.29, 0.717) is 6.54 Å². The second-order valence-corrected chi connectivity index (χ2v) is 7.58. The van der Waals surface area contributed by atoms with Crippen molar-refractivity contribution in [3.05, 3.63) is 0 Å². The van der Waals surface area contributed by atoms with E-state index in [1.54, 1.807) is 0 Å². The third kappa shape index (κ3) is 5.93. The minimum Gasteiger partial charge on any atom is -0.467 e. The fourth-order valence-corrected chi connectivity index (χ4v) is 3.99. The molecule has 1 rings (SSSR count). The summed E-state index contributed by atoms with van der Waals surface area (Å²) in [6, 6.07) is -0.548. The van der Waals surface area contributed by atoms with Crippen molar-refractivity contribution in [1.82, 2.24) is 10.2 Å². The Morgan fingerprint density at radius 1 is 1.30 bits per heavy atom. The van der Waals surface area contributed by atoms with Crippen LogP contribution in [0.15, 0.2) is 0 Å². The maximum Gasteiger partial charge on any atom is 0.328 e. The molecule has 1 aliphatic heterocycles. The molecule has 2 unspecified atom stereocenters. The number of ether oxygens (including phenoxy) is 1. The average molecular weight is 320 g/mol. The summed E-state index contributed by atoms with van der Waals surface area (Å²) in [6.07, 6.45) is 0.817. The molecule has 1 aliphatic rings. The molecule has 0 radical (unpaired) electrons. The summed E-state index contributed by atoms with van der Waals surface area (Å²) in [5.41, 5.74) is 0. The van der Waals surface area contributed by atoms with Gasteiger partial charge in [0.15, 0.2) is 0 Å². The Hall–Kier alpha value is -0.400. The molecule has 0 aromatic rings. The molecular formula is C13H24N2O3S2. The first-order valence-corrected chi connectivity index (χ1v) is 9.41. The van der Waals surface area contributed by atoms with Crippen molar-refractivity contribution in [2.24, 2.45) is 5.92 Å². The highest BCUT2D eigenvalue weighted by Crippen LogP contribution is 2.23. The fraction of sp³-hybridized carbons (Fsp3) is 0.846. The number of hydrogen-bond donors (Lipinski definition) is 1. The Kier molecular flexibility index (Phi) is 8.40. The van der Waals surface area contributed by atoms with E-state index in [-0.39, 0.29) is 17.8 Å². The number of carbonyl (C=O) groups excluding carboxylic acids is 2. The van der Waals surface area contributed by atoms with Crippen molar-refractivity contribution in [3.8, 4) is 0 Å². The lowest BCUT2D eigenvalue weighted by atomic mass is 9.99. The van der Waals surface area contributed by atoms with Crippen LogP contribution in [-0.2, 0) is 14.3 Å². The summed E-state index contributed by atoms with van der Waals surface area (Å²) in [6.45, 7) is 6.12. The van der Waals surface area contributed by atoms with E-state index in [4.69, 9.17) is 4.74 Å². The number of nitrogens with zero attached hydrogens (tertiary/aromatic N) is 1. The van der Waals surface area contributed by atoms with Crippen LogP contribution in [0.1, 0.15) is 20.3 Å². The van der Waals surface area contributed by atoms with Gasteiger partial charge in [-0.2, -0.15) is 0 Å². The van der Waals surface area contributed by atoms with Crippen LogP contribution in [0, 0.1) is 5.92 Å². The van der Waals surface area contributed by atoms with Crippen molar-refractivity contribution < 1.29 is 14.3 Å². The molecule has 0 aromatic carbocycles. The highest BCUT2D eigenvalue weighted by Gasteiger charge is 2.27. The first-order chi connectivity index (χ1) is 9.58. The summed E-state index contributed by atoms with van der Waals surface area (Å²) >= 11 is 0. The zero-order chi connectivity index (χ0) is 15.0. The molecule has 1 amide bonds. The Labute approximate surface area is 129 Å². The topological polar surface area (TPSA) is 58.6 Å². The summed E-state index contributed by atoms with van der Waals surface area (Å²) in [7, 11) is 5.05. The van der Waals surface area contributed by atoms with Gasteiger partial charge >= 0.3 is 5.97 Å². The summed E-state index contributed by atoms with van der Waals surface area (Å²) in [5.74, 6) is 1.67.